The topological polar surface area (TPSA) is 93.4 Å². The van der Waals surface area contributed by atoms with Crippen molar-refractivity contribution in [3.8, 4) is 17.2 Å². The van der Waals surface area contributed by atoms with Crippen molar-refractivity contribution in [2.45, 2.75) is 38.8 Å². The quantitative estimate of drug-likeness (QED) is 0.630. The van der Waals surface area contributed by atoms with Crippen LogP contribution in [0.5, 0.6) is 17.2 Å². The van der Waals surface area contributed by atoms with Gasteiger partial charge in [0.2, 0.25) is 11.7 Å². The second kappa shape index (κ2) is 8.51. The Labute approximate surface area is 172 Å². The fourth-order valence-electron chi connectivity index (χ4n) is 3.94. The molecule has 4 rings (SSSR count). The minimum Gasteiger partial charge on any atom is -0.489 e. The highest BCUT2D eigenvalue weighted by molar-refractivity contribution is 5.96. The molecule has 0 bridgehead atoms. The summed E-state index contributed by atoms with van der Waals surface area (Å²) in [5.41, 5.74) is 7.17. The van der Waals surface area contributed by atoms with Crippen molar-refractivity contribution < 1.29 is 14.2 Å². The number of fused-ring (bicyclic) bond motifs is 1. The van der Waals surface area contributed by atoms with Gasteiger partial charge in [-0.05, 0) is 52.3 Å². The zero-order chi connectivity index (χ0) is 20.3. The summed E-state index contributed by atoms with van der Waals surface area (Å²) in [5.74, 6) is 2.62. The third-order valence-corrected chi connectivity index (χ3v) is 5.12. The largest absolute Gasteiger partial charge is 0.489 e. The summed E-state index contributed by atoms with van der Waals surface area (Å²) in [5, 5.41) is 6.49. The molecule has 1 atom stereocenters. The predicted molar refractivity (Wildman–Crippen MR) is 114 cm³/mol. The highest BCUT2D eigenvalue weighted by Crippen LogP contribution is 2.42. The number of benzene rings is 1. The first-order valence-electron chi connectivity index (χ1n) is 10.4. The maximum Gasteiger partial charge on any atom is 0.203 e. The summed E-state index contributed by atoms with van der Waals surface area (Å²) in [6.45, 7) is 8.97. The summed E-state index contributed by atoms with van der Waals surface area (Å²) >= 11 is 0. The molecule has 0 aliphatic carbocycles. The molecule has 158 valence electrons. The van der Waals surface area contributed by atoms with Gasteiger partial charge in [0.1, 0.15) is 18.9 Å². The van der Waals surface area contributed by atoms with Crippen LogP contribution >= 0.6 is 0 Å². The lowest BCUT2D eigenvalue weighted by Gasteiger charge is -2.26. The normalized spacial score (nSPS) is 23.8. The van der Waals surface area contributed by atoms with E-state index in [2.05, 4.69) is 20.5 Å². The number of nitrogens with one attached hydrogen (secondary N) is 2. The van der Waals surface area contributed by atoms with E-state index in [1.165, 1.54) is 25.9 Å². The van der Waals surface area contributed by atoms with E-state index in [1.54, 1.807) is 0 Å². The van der Waals surface area contributed by atoms with Gasteiger partial charge in [-0.2, -0.15) is 0 Å². The Morgan fingerprint density at radius 2 is 2.07 bits per heavy atom. The van der Waals surface area contributed by atoms with E-state index >= 15 is 0 Å². The molecule has 1 aromatic rings. The number of nitrogens with two attached hydrogens (primary N) is 1. The highest BCUT2D eigenvalue weighted by atomic mass is 16.6. The van der Waals surface area contributed by atoms with E-state index < -0.39 is 5.66 Å². The van der Waals surface area contributed by atoms with Gasteiger partial charge in [0, 0.05) is 30.1 Å². The van der Waals surface area contributed by atoms with E-state index in [4.69, 9.17) is 19.9 Å². The van der Waals surface area contributed by atoms with Crippen molar-refractivity contribution >= 4 is 11.6 Å². The number of aliphatic imine (C=N–C) groups is 1. The number of rotatable bonds is 6. The number of hydrogen-bond acceptors (Lipinski definition) is 8. The van der Waals surface area contributed by atoms with Gasteiger partial charge in [-0.25, -0.2) is 4.99 Å². The van der Waals surface area contributed by atoms with E-state index in [9.17, 15) is 0 Å². The number of guanidine groups is 1. The van der Waals surface area contributed by atoms with Crippen LogP contribution in [0.4, 0.5) is 5.69 Å². The van der Waals surface area contributed by atoms with Gasteiger partial charge in [-0.1, -0.05) is 0 Å². The molecule has 0 radical (unpaired) electrons. The fraction of sp³-hybridized carbons (Fsp3) is 0.571. The van der Waals surface area contributed by atoms with Crippen LogP contribution in [0.1, 0.15) is 33.1 Å². The van der Waals surface area contributed by atoms with E-state index in [-0.39, 0.29) is 0 Å². The Morgan fingerprint density at radius 1 is 1.28 bits per heavy atom. The first-order valence-corrected chi connectivity index (χ1v) is 10.4. The average molecular weight is 402 g/mol. The van der Waals surface area contributed by atoms with Crippen LogP contribution in [0.25, 0.3) is 0 Å². The van der Waals surface area contributed by atoms with Crippen molar-refractivity contribution in [3.05, 3.63) is 23.9 Å². The number of nitrogens with zero attached hydrogens (tertiary/aromatic N) is 2. The average Bonchev–Trinajstić information content (AvgIpc) is 3.17. The van der Waals surface area contributed by atoms with E-state index in [0.29, 0.717) is 43.0 Å². The Kier molecular flexibility index (Phi) is 5.82. The molecular formula is C21H31N5O3. The van der Waals surface area contributed by atoms with Gasteiger partial charge in [-0.15, -0.1) is 0 Å². The molecule has 1 aromatic carbocycles. The zero-order valence-corrected chi connectivity index (χ0v) is 17.3. The van der Waals surface area contributed by atoms with Crippen LogP contribution in [-0.4, -0.2) is 56.0 Å². The molecule has 0 amide bonds. The van der Waals surface area contributed by atoms with Gasteiger partial charge in [-0.3, -0.25) is 0 Å². The summed E-state index contributed by atoms with van der Waals surface area (Å²) < 4.78 is 17.7. The van der Waals surface area contributed by atoms with Gasteiger partial charge >= 0.3 is 0 Å². The van der Waals surface area contributed by atoms with E-state index in [0.717, 1.165) is 24.4 Å². The lowest BCUT2D eigenvalue weighted by Crippen LogP contribution is -2.43. The second-order valence-electron chi connectivity index (χ2n) is 8.01. The van der Waals surface area contributed by atoms with Crippen molar-refractivity contribution in [2.24, 2.45) is 10.7 Å². The fourth-order valence-corrected chi connectivity index (χ4v) is 3.94. The predicted octanol–water partition coefficient (Wildman–Crippen LogP) is 2.27. The smallest absolute Gasteiger partial charge is 0.203 e. The molecule has 4 N–H and O–H groups in total. The minimum absolute atomic E-state index is 0.521. The van der Waals surface area contributed by atoms with Crippen molar-refractivity contribution in [2.75, 3.05) is 44.8 Å². The first-order chi connectivity index (χ1) is 14.0. The zero-order valence-electron chi connectivity index (χ0n) is 17.3. The van der Waals surface area contributed by atoms with Crippen molar-refractivity contribution in [1.29, 1.82) is 0 Å². The SMILES string of the molecule is CC1=CC(C)(N)N=C(Nc2cc(OCCCN3CCCC3)c3c(c2)OCCO3)N1. The summed E-state index contributed by atoms with van der Waals surface area (Å²) in [7, 11) is 0. The molecule has 1 unspecified atom stereocenters. The molecule has 3 aliphatic heterocycles. The van der Waals surface area contributed by atoms with Gasteiger partial charge < -0.3 is 35.5 Å². The number of anilines is 1. The van der Waals surface area contributed by atoms with Gasteiger partial charge in [0.05, 0.1) is 6.61 Å². The molecule has 3 aliphatic rings. The summed E-state index contributed by atoms with van der Waals surface area (Å²) in [6, 6.07) is 3.83. The molecule has 0 saturated carbocycles. The maximum absolute atomic E-state index is 6.17. The molecule has 3 heterocycles. The minimum atomic E-state index is -0.750. The Bertz CT molecular complexity index is 800. The maximum atomic E-state index is 6.17. The van der Waals surface area contributed by atoms with Gasteiger partial charge in [0.25, 0.3) is 0 Å². The van der Waals surface area contributed by atoms with Crippen molar-refractivity contribution in [3.63, 3.8) is 0 Å². The molecule has 1 fully saturated rings. The molecule has 8 heteroatoms. The highest BCUT2D eigenvalue weighted by Gasteiger charge is 2.23. The molecule has 29 heavy (non-hydrogen) atoms. The Morgan fingerprint density at radius 3 is 2.86 bits per heavy atom. The second-order valence-corrected chi connectivity index (χ2v) is 8.01. The Balaban J connectivity index is 1.45. The van der Waals surface area contributed by atoms with Crippen LogP contribution in [-0.2, 0) is 0 Å². The van der Waals surface area contributed by atoms with E-state index in [1.807, 2.05) is 32.1 Å². The van der Waals surface area contributed by atoms with Crippen LogP contribution in [0.2, 0.25) is 0 Å². The number of likely N-dealkylation sites (tertiary alicyclic amines) is 1. The van der Waals surface area contributed by atoms with Crippen LogP contribution in [0.3, 0.4) is 0 Å². The van der Waals surface area contributed by atoms with Gasteiger partial charge in [0.15, 0.2) is 11.5 Å². The standard InChI is InChI=1S/C21H31N5O3/c1-15-14-21(2,22)25-20(23-15)24-16-12-17(19-18(13-16)28-10-11-29-19)27-9-5-8-26-6-3-4-7-26/h12-14H,3-11,22H2,1-2H3,(H2,23,24,25). The lowest BCUT2D eigenvalue weighted by atomic mass is 10.1. The molecule has 0 spiro atoms. The monoisotopic (exact) mass is 401 g/mol. The summed E-state index contributed by atoms with van der Waals surface area (Å²) in [6.07, 6.45) is 5.48. The molecular weight excluding hydrogens is 370 g/mol. The number of hydrogen-bond donors (Lipinski definition) is 3. The Hall–Kier alpha value is -2.45. The molecule has 1 saturated heterocycles. The first kappa shape index (κ1) is 19.8. The molecule has 8 nitrogen and oxygen atoms in total. The number of ether oxygens (including phenoxy) is 3. The van der Waals surface area contributed by atoms with Crippen LogP contribution in [0, 0.1) is 0 Å². The van der Waals surface area contributed by atoms with Crippen LogP contribution in [0.15, 0.2) is 28.9 Å². The molecule has 0 aromatic heterocycles. The summed E-state index contributed by atoms with van der Waals surface area (Å²) in [4.78, 5) is 6.99. The number of allylic oxidation sites excluding steroid dienone is 1. The third kappa shape index (κ3) is 5.13. The lowest BCUT2D eigenvalue weighted by molar-refractivity contribution is 0.161. The van der Waals surface area contributed by atoms with Crippen molar-refractivity contribution in [1.82, 2.24) is 10.2 Å². The van der Waals surface area contributed by atoms with Crippen LogP contribution < -0.4 is 30.6 Å². The third-order valence-electron chi connectivity index (χ3n) is 5.12.